The smallest absolute Gasteiger partial charge is 0.160 e. The zero-order valence-electron chi connectivity index (χ0n) is 23.6. The van der Waals surface area contributed by atoms with Crippen LogP contribution in [0.25, 0.3) is 56.2 Å². The lowest BCUT2D eigenvalue weighted by Crippen LogP contribution is -2.28. The Morgan fingerprint density at radius 3 is 1.76 bits per heavy atom. The number of hydrogen-bond acceptors (Lipinski definition) is 2. The van der Waals surface area contributed by atoms with Crippen LogP contribution in [0.4, 0.5) is 0 Å². The van der Waals surface area contributed by atoms with Crippen molar-refractivity contribution in [3.63, 3.8) is 0 Å². The molecular formula is C40H32N2. The Morgan fingerprint density at radius 2 is 1.00 bits per heavy atom. The van der Waals surface area contributed by atoms with Gasteiger partial charge in [0.25, 0.3) is 0 Å². The molecule has 1 aromatic heterocycles. The minimum Gasteiger partial charge on any atom is -0.228 e. The van der Waals surface area contributed by atoms with Crippen LogP contribution in [0, 0.1) is 0 Å². The second-order valence-electron chi connectivity index (χ2n) is 11.7. The first kappa shape index (κ1) is 24.9. The van der Waals surface area contributed by atoms with Gasteiger partial charge in [-0.3, -0.25) is 0 Å². The molecule has 5 aromatic carbocycles. The van der Waals surface area contributed by atoms with Crippen molar-refractivity contribution in [1.82, 2.24) is 9.97 Å². The van der Waals surface area contributed by atoms with E-state index >= 15 is 0 Å². The topological polar surface area (TPSA) is 25.8 Å². The van der Waals surface area contributed by atoms with E-state index in [1.54, 1.807) is 0 Å². The van der Waals surface area contributed by atoms with Crippen molar-refractivity contribution < 1.29 is 0 Å². The summed E-state index contributed by atoms with van der Waals surface area (Å²) in [4.78, 5) is 10.2. The fourth-order valence-electron chi connectivity index (χ4n) is 7.33. The van der Waals surface area contributed by atoms with Crippen molar-refractivity contribution in [2.75, 3.05) is 0 Å². The third-order valence-electron chi connectivity index (χ3n) is 9.32. The Kier molecular flexibility index (Phi) is 6.07. The molecule has 0 radical (unpaired) electrons. The predicted octanol–water partition coefficient (Wildman–Crippen LogP) is 10.4. The Labute approximate surface area is 247 Å². The average molecular weight is 541 g/mol. The number of nitrogens with zero attached hydrogens (tertiary/aromatic N) is 2. The molecule has 1 spiro atoms. The summed E-state index contributed by atoms with van der Waals surface area (Å²) in [5, 5.41) is 0. The van der Waals surface area contributed by atoms with Gasteiger partial charge in [-0.1, -0.05) is 141 Å². The van der Waals surface area contributed by atoms with Crippen LogP contribution < -0.4 is 0 Å². The summed E-state index contributed by atoms with van der Waals surface area (Å²) in [6.45, 7) is 0. The van der Waals surface area contributed by atoms with E-state index in [9.17, 15) is 0 Å². The van der Waals surface area contributed by atoms with Crippen molar-refractivity contribution in [3.05, 3.63) is 145 Å². The molecule has 0 unspecified atom stereocenters. The van der Waals surface area contributed by atoms with Crippen molar-refractivity contribution in [3.8, 4) is 56.2 Å². The molecule has 0 bridgehead atoms. The van der Waals surface area contributed by atoms with Crippen LogP contribution in [0.1, 0.15) is 43.2 Å². The summed E-state index contributed by atoms with van der Waals surface area (Å²) in [5.41, 5.74) is 13.6. The minimum atomic E-state index is 0.130. The summed E-state index contributed by atoms with van der Waals surface area (Å²) in [6, 6.07) is 47.9. The third kappa shape index (κ3) is 4.10. The largest absolute Gasteiger partial charge is 0.228 e. The normalized spacial score (nSPS) is 14.9. The van der Waals surface area contributed by atoms with E-state index in [0.29, 0.717) is 0 Å². The highest BCUT2D eigenvalue weighted by molar-refractivity contribution is 5.88. The SMILES string of the molecule is c1ccc(-c2cc(-c3ccccc3-c3ccc4c(c3)C3(CCCCC3)c3ccccc3-4)nc(-c3ccccc3)n2)cc1. The molecule has 6 aromatic rings. The van der Waals surface area contributed by atoms with Gasteiger partial charge in [-0.25, -0.2) is 9.97 Å². The molecular weight excluding hydrogens is 508 g/mol. The molecule has 1 fully saturated rings. The van der Waals surface area contributed by atoms with E-state index < -0.39 is 0 Å². The highest BCUT2D eigenvalue weighted by Gasteiger charge is 2.43. The molecule has 0 atom stereocenters. The van der Waals surface area contributed by atoms with Crippen molar-refractivity contribution in [2.45, 2.75) is 37.5 Å². The molecule has 1 heterocycles. The van der Waals surface area contributed by atoms with Crippen molar-refractivity contribution in [2.24, 2.45) is 0 Å². The summed E-state index contributed by atoms with van der Waals surface area (Å²) in [7, 11) is 0. The van der Waals surface area contributed by atoms with Gasteiger partial charge in [-0.05, 0) is 58.4 Å². The lowest BCUT2D eigenvalue weighted by molar-refractivity contribution is 0.353. The number of hydrogen-bond donors (Lipinski definition) is 0. The molecule has 2 aliphatic carbocycles. The highest BCUT2D eigenvalue weighted by Crippen LogP contribution is 2.56. The molecule has 2 aliphatic rings. The highest BCUT2D eigenvalue weighted by atomic mass is 14.9. The lowest BCUT2D eigenvalue weighted by atomic mass is 9.67. The zero-order chi connectivity index (χ0) is 27.9. The van der Waals surface area contributed by atoms with Crippen LogP contribution in [-0.2, 0) is 5.41 Å². The molecule has 8 rings (SSSR count). The molecule has 0 saturated heterocycles. The van der Waals surface area contributed by atoms with Crippen LogP contribution in [0.5, 0.6) is 0 Å². The van der Waals surface area contributed by atoms with Gasteiger partial charge in [0.05, 0.1) is 11.4 Å². The van der Waals surface area contributed by atoms with Crippen LogP contribution in [0.3, 0.4) is 0 Å². The standard InChI is InChI=1S/C40H32N2/c1-4-14-28(15-5-1)37-27-38(42-39(41-37)29-16-6-2-7-17-29)34-20-9-8-18-31(34)30-22-23-33-32-19-10-11-21-35(32)40(36(33)26-30)24-12-3-13-25-40/h1-2,4-11,14-23,26-27H,3,12-13,24-25H2. The van der Waals surface area contributed by atoms with Gasteiger partial charge in [0.15, 0.2) is 5.82 Å². The van der Waals surface area contributed by atoms with E-state index in [-0.39, 0.29) is 5.41 Å². The Morgan fingerprint density at radius 1 is 0.405 bits per heavy atom. The van der Waals surface area contributed by atoms with Gasteiger partial charge in [0.1, 0.15) is 0 Å². The average Bonchev–Trinajstić information content (AvgIpc) is 3.34. The maximum atomic E-state index is 5.16. The van der Waals surface area contributed by atoms with Gasteiger partial charge < -0.3 is 0 Å². The first-order valence-corrected chi connectivity index (χ1v) is 15.1. The minimum absolute atomic E-state index is 0.130. The molecule has 202 valence electrons. The molecule has 42 heavy (non-hydrogen) atoms. The second kappa shape index (κ2) is 10.2. The lowest BCUT2D eigenvalue weighted by Gasteiger charge is -2.36. The number of aromatic nitrogens is 2. The van der Waals surface area contributed by atoms with Crippen molar-refractivity contribution in [1.29, 1.82) is 0 Å². The Balaban J connectivity index is 1.30. The van der Waals surface area contributed by atoms with Gasteiger partial charge in [-0.15, -0.1) is 0 Å². The Hall–Kier alpha value is -4.82. The monoisotopic (exact) mass is 540 g/mol. The summed E-state index contributed by atoms with van der Waals surface area (Å²) in [6.07, 6.45) is 6.38. The van der Waals surface area contributed by atoms with Crippen LogP contribution >= 0.6 is 0 Å². The second-order valence-corrected chi connectivity index (χ2v) is 11.7. The molecule has 2 nitrogen and oxygen atoms in total. The molecule has 2 heteroatoms. The molecule has 0 amide bonds. The van der Waals surface area contributed by atoms with Crippen LogP contribution in [-0.4, -0.2) is 9.97 Å². The van der Waals surface area contributed by atoms with Gasteiger partial charge in [0, 0.05) is 22.1 Å². The Bertz CT molecular complexity index is 1840. The fourth-order valence-corrected chi connectivity index (χ4v) is 7.33. The maximum absolute atomic E-state index is 5.16. The van der Waals surface area contributed by atoms with E-state index in [4.69, 9.17) is 9.97 Å². The third-order valence-corrected chi connectivity index (χ3v) is 9.32. The van der Waals surface area contributed by atoms with E-state index in [0.717, 1.165) is 33.9 Å². The quantitative estimate of drug-likeness (QED) is 0.222. The van der Waals surface area contributed by atoms with Crippen molar-refractivity contribution >= 4 is 0 Å². The molecule has 0 aliphatic heterocycles. The molecule has 0 N–H and O–H groups in total. The maximum Gasteiger partial charge on any atom is 0.160 e. The summed E-state index contributed by atoms with van der Waals surface area (Å²) < 4.78 is 0. The first-order chi connectivity index (χ1) is 20.8. The fraction of sp³-hybridized carbons (Fsp3) is 0.150. The summed E-state index contributed by atoms with van der Waals surface area (Å²) in [5.74, 6) is 0.743. The number of benzene rings is 5. The van der Waals surface area contributed by atoms with E-state index in [1.165, 1.54) is 65.5 Å². The first-order valence-electron chi connectivity index (χ1n) is 15.1. The van der Waals surface area contributed by atoms with Crippen LogP contribution in [0.2, 0.25) is 0 Å². The van der Waals surface area contributed by atoms with Gasteiger partial charge in [0.2, 0.25) is 0 Å². The van der Waals surface area contributed by atoms with E-state index in [2.05, 4.69) is 109 Å². The number of rotatable bonds is 4. The van der Waals surface area contributed by atoms with Gasteiger partial charge >= 0.3 is 0 Å². The molecule has 1 saturated carbocycles. The number of fused-ring (bicyclic) bond motifs is 5. The van der Waals surface area contributed by atoms with Crippen LogP contribution in [0.15, 0.2) is 133 Å². The van der Waals surface area contributed by atoms with E-state index in [1.807, 2.05) is 24.3 Å². The predicted molar refractivity (Wildman–Crippen MR) is 173 cm³/mol. The van der Waals surface area contributed by atoms with Gasteiger partial charge in [-0.2, -0.15) is 0 Å². The summed E-state index contributed by atoms with van der Waals surface area (Å²) >= 11 is 0. The zero-order valence-corrected chi connectivity index (χ0v) is 23.6.